The van der Waals surface area contributed by atoms with Crippen LogP contribution in [-0.4, -0.2) is 23.1 Å². The SMILES string of the molecule is C=C(C)C(=O)O.CCCCC1OC1=O. The van der Waals surface area contributed by atoms with Gasteiger partial charge in [0.15, 0.2) is 6.10 Å². The Balaban J connectivity index is 0.000000255. The molecule has 0 saturated carbocycles. The zero-order valence-electron chi connectivity index (χ0n) is 8.58. The minimum absolute atomic E-state index is 0.0153. The Morgan fingerprint density at radius 2 is 2.07 bits per heavy atom. The van der Waals surface area contributed by atoms with Crippen LogP contribution in [-0.2, 0) is 14.3 Å². The Kier molecular flexibility index (Phi) is 5.60. The quantitative estimate of drug-likeness (QED) is 0.554. The number of hydrogen-bond acceptors (Lipinski definition) is 3. The fourth-order valence-electron chi connectivity index (χ4n) is 0.672. The number of carbonyl (C=O) groups excluding carboxylic acids is 1. The minimum atomic E-state index is -0.935. The maximum absolute atomic E-state index is 10.2. The number of cyclic esters (lactones) is 1. The smallest absolute Gasteiger partial charge is 0.348 e. The number of carboxylic acids is 1. The molecule has 80 valence electrons. The Hall–Kier alpha value is -1.32. The van der Waals surface area contributed by atoms with Gasteiger partial charge in [0.05, 0.1) is 0 Å². The number of unbranched alkanes of at least 4 members (excludes halogenated alkanes) is 1. The van der Waals surface area contributed by atoms with Crippen molar-refractivity contribution in [2.24, 2.45) is 0 Å². The summed E-state index contributed by atoms with van der Waals surface area (Å²) < 4.78 is 4.58. The van der Waals surface area contributed by atoms with Gasteiger partial charge in [0.1, 0.15) is 0 Å². The van der Waals surface area contributed by atoms with Crippen molar-refractivity contribution in [3.8, 4) is 0 Å². The second kappa shape index (κ2) is 6.18. The number of carbonyl (C=O) groups is 2. The molecule has 1 saturated heterocycles. The van der Waals surface area contributed by atoms with Gasteiger partial charge in [0, 0.05) is 5.57 Å². The molecule has 0 aromatic carbocycles. The van der Waals surface area contributed by atoms with E-state index < -0.39 is 5.97 Å². The second-order valence-corrected chi connectivity index (χ2v) is 3.15. The topological polar surface area (TPSA) is 66.9 Å². The monoisotopic (exact) mass is 200 g/mol. The third-order valence-corrected chi connectivity index (χ3v) is 1.65. The van der Waals surface area contributed by atoms with Gasteiger partial charge in [-0.15, -0.1) is 0 Å². The Labute approximate surface area is 83.6 Å². The lowest BCUT2D eigenvalue weighted by Crippen LogP contribution is -1.92. The molecule has 4 heteroatoms. The first-order valence-corrected chi connectivity index (χ1v) is 4.58. The molecule has 1 N–H and O–H groups in total. The van der Waals surface area contributed by atoms with E-state index in [0.717, 1.165) is 19.3 Å². The van der Waals surface area contributed by atoms with Crippen molar-refractivity contribution in [2.75, 3.05) is 0 Å². The minimum Gasteiger partial charge on any atom is -0.478 e. The van der Waals surface area contributed by atoms with E-state index in [1.807, 2.05) is 0 Å². The van der Waals surface area contributed by atoms with E-state index in [-0.39, 0.29) is 17.6 Å². The van der Waals surface area contributed by atoms with E-state index in [1.165, 1.54) is 6.92 Å². The molecule has 0 spiro atoms. The van der Waals surface area contributed by atoms with Gasteiger partial charge in [0.2, 0.25) is 0 Å². The van der Waals surface area contributed by atoms with Crippen molar-refractivity contribution in [3.63, 3.8) is 0 Å². The largest absolute Gasteiger partial charge is 0.478 e. The van der Waals surface area contributed by atoms with E-state index in [2.05, 4.69) is 18.2 Å². The van der Waals surface area contributed by atoms with Crippen molar-refractivity contribution < 1.29 is 19.4 Å². The van der Waals surface area contributed by atoms with E-state index in [4.69, 9.17) is 5.11 Å². The molecule has 4 nitrogen and oxygen atoms in total. The first kappa shape index (κ1) is 12.7. The molecule has 0 radical (unpaired) electrons. The summed E-state index contributed by atoms with van der Waals surface area (Å²) in [6.07, 6.45) is 3.16. The third-order valence-electron chi connectivity index (χ3n) is 1.65. The predicted octanol–water partition coefficient (Wildman–Crippen LogP) is 1.75. The van der Waals surface area contributed by atoms with Gasteiger partial charge < -0.3 is 9.84 Å². The molecule has 0 aromatic heterocycles. The fraction of sp³-hybridized carbons (Fsp3) is 0.600. The van der Waals surface area contributed by atoms with Gasteiger partial charge in [-0.05, 0) is 19.8 Å². The molecule has 1 aliphatic rings. The molecule has 0 aromatic rings. The molecule has 1 unspecified atom stereocenters. The second-order valence-electron chi connectivity index (χ2n) is 3.15. The molecule has 0 aliphatic carbocycles. The van der Waals surface area contributed by atoms with Gasteiger partial charge in [0.25, 0.3) is 0 Å². The first-order valence-electron chi connectivity index (χ1n) is 4.58. The number of rotatable bonds is 4. The molecule has 14 heavy (non-hydrogen) atoms. The van der Waals surface area contributed by atoms with E-state index in [0.29, 0.717) is 0 Å². The number of aliphatic carboxylic acids is 1. The van der Waals surface area contributed by atoms with Gasteiger partial charge in [-0.3, -0.25) is 0 Å². The molecule has 1 rings (SSSR count). The summed E-state index contributed by atoms with van der Waals surface area (Å²) in [6, 6.07) is 0. The molecule has 1 atom stereocenters. The lowest BCUT2D eigenvalue weighted by atomic mass is 10.2. The average molecular weight is 200 g/mol. The molecule has 1 fully saturated rings. The van der Waals surface area contributed by atoms with Crippen molar-refractivity contribution in [2.45, 2.75) is 39.2 Å². The highest BCUT2D eigenvalue weighted by Crippen LogP contribution is 2.18. The Morgan fingerprint density at radius 1 is 1.64 bits per heavy atom. The van der Waals surface area contributed by atoms with Crippen molar-refractivity contribution in [1.29, 1.82) is 0 Å². The number of ether oxygens (including phenoxy) is 1. The van der Waals surface area contributed by atoms with Crippen LogP contribution in [0.3, 0.4) is 0 Å². The zero-order valence-corrected chi connectivity index (χ0v) is 8.58. The standard InChI is InChI=1S/C6H10O2.C4H6O2/c1-2-3-4-5-6(7)8-5;1-3(2)4(5)6/h5H,2-4H2,1H3;1H2,2H3,(H,5,6). The predicted molar refractivity (Wildman–Crippen MR) is 51.9 cm³/mol. The van der Waals surface area contributed by atoms with Crippen LogP contribution in [0, 0.1) is 0 Å². The number of carboxylic acid groups (broad SMARTS) is 1. The summed E-state index contributed by atoms with van der Waals surface area (Å²) >= 11 is 0. The van der Waals surface area contributed by atoms with Crippen LogP contribution in [0.4, 0.5) is 0 Å². The van der Waals surface area contributed by atoms with Crippen molar-refractivity contribution in [1.82, 2.24) is 0 Å². The highest BCUT2D eigenvalue weighted by molar-refractivity contribution is 5.87. The van der Waals surface area contributed by atoms with Crippen LogP contribution in [0.5, 0.6) is 0 Å². The van der Waals surface area contributed by atoms with Gasteiger partial charge in [-0.2, -0.15) is 0 Å². The van der Waals surface area contributed by atoms with Crippen LogP contribution in [0.15, 0.2) is 12.2 Å². The number of hydrogen-bond donors (Lipinski definition) is 1. The van der Waals surface area contributed by atoms with Gasteiger partial charge in [-0.1, -0.05) is 19.9 Å². The molecule has 1 heterocycles. The highest BCUT2D eigenvalue weighted by Gasteiger charge is 2.36. The van der Waals surface area contributed by atoms with E-state index in [1.54, 1.807) is 0 Å². The Bertz CT molecular complexity index is 220. The molecule has 1 aliphatic heterocycles. The summed E-state index contributed by atoms with van der Waals surface area (Å²) in [7, 11) is 0. The summed E-state index contributed by atoms with van der Waals surface area (Å²) in [6.45, 7) is 6.71. The third kappa shape index (κ3) is 6.22. The van der Waals surface area contributed by atoms with Crippen LogP contribution >= 0.6 is 0 Å². The van der Waals surface area contributed by atoms with Gasteiger partial charge in [-0.25, -0.2) is 9.59 Å². The van der Waals surface area contributed by atoms with Crippen molar-refractivity contribution >= 4 is 11.9 Å². The first-order chi connectivity index (χ1) is 6.49. The maximum Gasteiger partial charge on any atom is 0.348 e. The summed E-state index contributed by atoms with van der Waals surface area (Å²) in [5.74, 6) is -0.951. The maximum atomic E-state index is 10.2. The Morgan fingerprint density at radius 3 is 2.29 bits per heavy atom. The van der Waals surface area contributed by atoms with Crippen LogP contribution < -0.4 is 0 Å². The lowest BCUT2D eigenvalue weighted by Gasteiger charge is -1.84. The highest BCUT2D eigenvalue weighted by atomic mass is 16.6. The number of epoxide rings is 1. The fourth-order valence-corrected chi connectivity index (χ4v) is 0.672. The summed E-state index contributed by atoms with van der Waals surface area (Å²) in [4.78, 5) is 19.8. The average Bonchev–Trinajstić information content (AvgIpc) is 2.79. The zero-order chi connectivity index (χ0) is 11.1. The molecular weight excluding hydrogens is 184 g/mol. The lowest BCUT2D eigenvalue weighted by molar-refractivity contribution is -0.132. The van der Waals surface area contributed by atoms with E-state index >= 15 is 0 Å². The molecule has 0 bridgehead atoms. The van der Waals surface area contributed by atoms with Crippen LogP contribution in [0.2, 0.25) is 0 Å². The summed E-state index contributed by atoms with van der Waals surface area (Å²) in [5, 5.41) is 7.89. The normalized spacial score (nSPS) is 17.6. The van der Waals surface area contributed by atoms with Crippen molar-refractivity contribution in [3.05, 3.63) is 12.2 Å². The molecule has 0 amide bonds. The summed E-state index contributed by atoms with van der Waals surface area (Å²) in [5.41, 5.74) is 0.176. The van der Waals surface area contributed by atoms with E-state index in [9.17, 15) is 9.59 Å². The molecular formula is C10H16O4. The van der Waals surface area contributed by atoms with Crippen LogP contribution in [0.25, 0.3) is 0 Å². The van der Waals surface area contributed by atoms with Gasteiger partial charge >= 0.3 is 11.9 Å². The van der Waals surface area contributed by atoms with Crippen LogP contribution in [0.1, 0.15) is 33.1 Å².